The molecule has 3 aliphatic heterocycles. The second-order valence-corrected chi connectivity index (χ2v) is 10.0. The molecule has 0 atom stereocenters. The summed E-state index contributed by atoms with van der Waals surface area (Å²) in [7, 11) is 0. The summed E-state index contributed by atoms with van der Waals surface area (Å²) in [6.07, 6.45) is 3.12. The summed E-state index contributed by atoms with van der Waals surface area (Å²) in [6, 6.07) is 13.1. The van der Waals surface area contributed by atoms with Gasteiger partial charge in [-0.1, -0.05) is 23.7 Å². The Morgan fingerprint density at radius 1 is 1.11 bits per heavy atom. The number of rotatable bonds is 4. The number of carbonyl (C=O) groups excluding carboxylic acids is 1. The largest absolute Gasteiger partial charge is 0.633 e. The summed E-state index contributed by atoms with van der Waals surface area (Å²) in [4.78, 5) is 21.4. The number of carbonyl (C=O) groups is 1. The average Bonchev–Trinajstić information content (AvgIpc) is 3.27. The number of aromatic nitrogens is 2. The molecule has 2 fully saturated rings. The van der Waals surface area contributed by atoms with Gasteiger partial charge in [-0.05, 0) is 30.3 Å². The van der Waals surface area contributed by atoms with Crippen molar-refractivity contribution in [1.29, 1.82) is 0 Å². The minimum atomic E-state index is -0.538. The highest BCUT2D eigenvalue weighted by molar-refractivity contribution is 6.31. The molecule has 0 aliphatic carbocycles. The highest BCUT2D eigenvalue weighted by Gasteiger charge is 2.43. The van der Waals surface area contributed by atoms with E-state index >= 15 is 0 Å². The first-order chi connectivity index (χ1) is 17.4. The average molecular weight is 508 g/mol. The fraction of sp³-hybridized carbons (Fsp3) is 0.346. The lowest BCUT2D eigenvalue weighted by molar-refractivity contribution is -0.902. The van der Waals surface area contributed by atoms with Crippen LogP contribution in [-0.2, 0) is 27.2 Å². The van der Waals surface area contributed by atoms with Crippen molar-refractivity contribution in [3.63, 3.8) is 0 Å². The first-order valence-corrected chi connectivity index (χ1v) is 12.4. The van der Waals surface area contributed by atoms with Crippen LogP contribution in [0.4, 0.5) is 17.3 Å². The summed E-state index contributed by atoms with van der Waals surface area (Å²) in [5.74, 6) is -0.255. The number of hydrogen-bond donors (Lipinski definition) is 2. The van der Waals surface area contributed by atoms with Crippen molar-refractivity contribution in [2.75, 3.05) is 36.9 Å². The number of benzene rings is 2. The summed E-state index contributed by atoms with van der Waals surface area (Å²) < 4.78 is 11.2. The molecule has 2 N–H and O–H groups in total. The Hall–Kier alpha value is -3.08. The molecular formula is C26H26ClN5O4. The SMILES string of the molecule is O=C1Cc2cnc(Nc3ccc(C[N+]4([O-])CCC5(CC4)OCCO5)cc3)nc2-c2ccc(Cl)cc2N1. The van der Waals surface area contributed by atoms with E-state index in [4.69, 9.17) is 26.1 Å². The summed E-state index contributed by atoms with van der Waals surface area (Å²) in [5.41, 5.74) is 4.63. The predicted octanol–water partition coefficient (Wildman–Crippen LogP) is 4.39. The second kappa shape index (κ2) is 9.10. The van der Waals surface area contributed by atoms with Gasteiger partial charge in [0.1, 0.15) is 6.54 Å². The maximum Gasteiger partial charge on any atom is 0.228 e. The highest BCUT2D eigenvalue weighted by atomic mass is 35.5. The topological polar surface area (TPSA) is 108 Å². The lowest BCUT2D eigenvalue weighted by atomic mass is 10.0. The lowest BCUT2D eigenvalue weighted by Gasteiger charge is -2.49. The molecule has 0 unspecified atom stereocenters. The zero-order chi connectivity index (χ0) is 24.8. The molecule has 4 heterocycles. The van der Waals surface area contributed by atoms with E-state index in [0.29, 0.717) is 68.0 Å². The molecule has 0 bridgehead atoms. The van der Waals surface area contributed by atoms with E-state index in [1.54, 1.807) is 18.3 Å². The van der Waals surface area contributed by atoms with Crippen molar-refractivity contribution in [2.24, 2.45) is 0 Å². The minimum absolute atomic E-state index is 0.136. The maximum atomic E-state index is 13.3. The van der Waals surface area contributed by atoms with Crippen molar-refractivity contribution < 1.29 is 18.9 Å². The molecule has 9 nitrogen and oxygen atoms in total. The molecule has 1 aromatic heterocycles. The van der Waals surface area contributed by atoms with Gasteiger partial charge in [-0.2, -0.15) is 0 Å². The monoisotopic (exact) mass is 507 g/mol. The molecule has 1 spiro atoms. The number of nitrogens with zero attached hydrogens (tertiary/aromatic N) is 3. The van der Waals surface area contributed by atoms with Gasteiger partial charge in [0.15, 0.2) is 5.79 Å². The number of likely N-dealkylation sites (tertiary alicyclic amines) is 1. The van der Waals surface area contributed by atoms with E-state index in [1.165, 1.54) is 0 Å². The zero-order valence-electron chi connectivity index (χ0n) is 19.6. The van der Waals surface area contributed by atoms with Gasteiger partial charge < -0.3 is 30.0 Å². The highest BCUT2D eigenvalue weighted by Crippen LogP contribution is 2.36. The molecule has 10 heteroatoms. The van der Waals surface area contributed by atoms with Crippen molar-refractivity contribution >= 4 is 34.8 Å². The van der Waals surface area contributed by atoms with Crippen LogP contribution in [0.25, 0.3) is 11.3 Å². The normalized spacial score (nSPS) is 19.8. The third-order valence-electron chi connectivity index (χ3n) is 7.02. The van der Waals surface area contributed by atoms with Crippen LogP contribution in [0.2, 0.25) is 5.02 Å². The smallest absolute Gasteiger partial charge is 0.228 e. The Balaban J connectivity index is 1.16. The first-order valence-electron chi connectivity index (χ1n) is 12.1. The zero-order valence-corrected chi connectivity index (χ0v) is 20.4. The van der Waals surface area contributed by atoms with Gasteiger partial charge in [0.05, 0.1) is 56.9 Å². The maximum absolute atomic E-state index is 13.3. The standard InChI is InChI=1S/C26H26ClN5O4/c27-19-3-6-21-22(14-19)30-23(33)13-18-15-28-25(31-24(18)21)29-20-4-1-17(2-5-20)16-32(34)9-7-26(8-10-32)35-11-12-36-26/h1-6,14-15H,7-13,16H2,(H,30,33)(H,28,29,31). The van der Waals surface area contributed by atoms with Crippen LogP contribution < -0.4 is 10.6 Å². The minimum Gasteiger partial charge on any atom is -0.633 e. The number of piperidine rings is 1. The number of amides is 1. The van der Waals surface area contributed by atoms with E-state index in [0.717, 1.165) is 22.4 Å². The van der Waals surface area contributed by atoms with Gasteiger partial charge in [-0.25, -0.2) is 9.97 Å². The number of halogens is 1. The number of ether oxygens (including phenoxy) is 2. The number of quaternary nitrogens is 1. The Labute approximate surface area is 213 Å². The molecule has 1 amide bonds. The van der Waals surface area contributed by atoms with E-state index in [-0.39, 0.29) is 17.0 Å². The number of hydrogen-bond acceptors (Lipinski definition) is 7. The van der Waals surface area contributed by atoms with Crippen molar-refractivity contribution in [3.8, 4) is 11.3 Å². The van der Waals surface area contributed by atoms with Crippen LogP contribution in [-0.4, -0.2) is 52.6 Å². The fourth-order valence-electron chi connectivity index (χ4n) is 5.11. The van der Waals surface area contributed by atoms with Crippen LogP contribution in [0.3, 0.4) is 0 Å². The Morgan fingerprint density at radius 3 is 2.61 bits per heavy atom. The summed E-state index contributed by atoms with van der Waals surface area (Å²) in [5, 5.41) is 19.9. The Kier molecular flexibility index (Phi) is 5.89. The first kappa shape index (κ1) is 23.3. The molecule has 0 radical (unpaired) electrons. The van der Waals surface area contributed by atoms with E-state index in [9.17, 15) is 10.0 Å². The van der Waals surface area contributed by atoms with Crippen LogP contribution >= 0.6 is 11.6 Å². The molecular weight excluding hydrogens is 482 g/mol. The summed E-state index contributed by atoms with van der Waals surface area (Å²) in [6.45, 7) is 2.58. The van der Waals surface area contributed by atoms with Crippen LogP contribution in [0.5, 0.6) is 0 Å². The van der Waals surface area contributed by atoms with Gasteiger partial charge in [0.2, 0.25) is 11.9 Å². The molecule has 36 heavy (non-hydrogen) atoms. The van der Waals surface area contributed by atoms with Crippen molar-refractivity contribution in [1.82, 2.24) is 9.97 Å². The third-order valence-corrected chi connectivity index (χ3v) is 7.26. The quantitative estimate of drug-likeness (QED) is 0.398. The predicted molar refractivity (Wildman–Crippen MR) is 135 cm³/mol. The van der Waals surface area contributed by atoms with Gasteiger partial charge in [0, 0.05) is 33.6 Å². The Bertz CT molecular complexity index is 1300. The van der Waals surface area contributed by atoms with E-state index in [1.807, 2.05) is 30.3 Å². The van der Waals surface area contributed by atoms with Crippen molar-refractivity contribution in [2.45, 2.75) is 31.6 Å². The molecule has 2 aromatic carbocycles. The number of hydroxylamine groups is 3. The molecule has 186 valence electrons. The van der Waals surface area contributed by atoms with Gasteiger partial charge in [0.25, 0.3) is 0 Å². The van der Waals surface area contributed by atoms with Gasteiger partial charge in [-0.15, -0.1) is 0 Å². The van der Waals surface area contributed by atoms with Crippen LogP contribution in [0, 0.1) is 5.21 Å². The number of fused-ring (bicyclic) bond motifs is 3. The van der Waals surface area contributed by atoms with E-state index < -0.39 is 5.79 Å². The molecule has 2 saturated heterocycles. The molecule has 0 saturated carbocycles. The Morgan fingerprint density at radius 2 is 1.86 bits per heavy atom. The summed E-state index contributed by atoms with van der Waals surface area (Å²) >= 11 is 6.13. The molecule has 3 aliphatic rings. The van der Waals surface area contributed by atoms with Crippen LogP contribution in [0.1, 0.15) is 24.0 Å². The number of nitrogens with one attached hydrogen (secondary N) is 2. The van der Waals surface area contributed by atoms with Crippen molar-refractivity contribution in [3.05, 3.63) is 70.0 Å². The van der Waals surface area contributed by atoms with Gasteiger partial charge in [-0.3, -0.25) is 4.79 Å². The second-order valence-electron chi connectivity index (χ2n) is 9.58. The molecule has 3 aromatic rings. The molecule has 6 rings (SSSR count). The fourth-order valence-corrected chi connectivity index (χ4v) is 5.28. The van der Waals surface area contributed by atoms with E-state index in [2.05, 4.69) is 15.6 Å². The third kappa shape index (κ3) is 4.68. The number of anilines is 3. The van der Waals surface area contributed by atoms with Gasteiger partial charge >= 0.3 is 0 Å². The van der Waals surface area contributed by atoms with Crippen LogP contribution in [0.15, 0.2) is 48.7 Å². The lowest BCUT2D eigenvalue weighted by Crippen LogP contribution is -2.53.